The van der Waals surface area contributed by atoms with Crippen molar-refractivity contribution in [2.45, 2.75) is 64.7 Å². The highest BCUT2D eigenvalue weighted by Crippen LogP contribution is 2.21. The molecule has 1 N–H and O–H groups in total. The van der Waals surface area contributed by atoms with Crippen LogP contribution in [0.2, 0.25) is 0 Å². The maximum atomic E-state index is 5.57. The largest absolute Gasteiger partial charge is 0.348 e. The van der Waals surface area contributed by atoms with Crippen LogP contribution in [0.4, 0.5) is 0 Å². The summed E-state index contributed by atoms with van der Waals surface area (Å²) in [5.74, 6) is -0.337. The van der Waals surface area contributed by atoms with Gasteiger partial charge in [-0.15, -0.1) is 0 Å². The van der Waals surface area contributed by atoms with Gasteiger partial charge in [-0.05, 0) is 19.8 Å². The van der Waals surface area contributed by atoms with Gasteiger partial charge < -0.3 is 14.8 Å². The van der Waals surface area contributed by atoms with Crippen molar-refractivity contribution in [1.82, 2.24) is 5.32 Å². The fourth-order valence-corrected chi connectivity index (χ4v) is 2.11. The molecular weight excluding hydrogens is 202 g/mol. The Morgan fingerprint density at radius 2 is 1.94 bits per heavy atom. The molecule has 1 aliphatic heterocycles. The van der Waals surface area contributed by atoms with E-state index in [1.54, 1.807) is 0 Å². The Balaban J connectivity index is 2.12. The summed E-state index contributed by atoms with van der Waals surface area (Å²) in [6.07, 6.45) is 6.03. The summed E-state index contributed by atoms with van der Waals surface area (Å²) in [5, 5.41) is 3.60. The molecule has 96 valence electrons. The highest BCUT2D eigenvalue weighted by atomic mass is 16.7. The molecule has 16 heavy (non-hydrogen) atoms. The van der Waals surface area contributed by atoms with Gasteiger partial charge in [-0.2, -0.15) is 0 Å². The lowest BCUT2D eigenvalue weighted by molar-refractivity contribution is -0.145. The molecule has 3 nitrogen and oxygen atoms in total. The summed E-state index contributed by atoms with van der Waals surface area (Å²) in [7, 11) is 0. The minimum Gasteiger partial charge on any atom is -0.348 e. The Kier molecular flexibility index (Phi) is 6.32. The molecule has 0 amide bonds. The van der Waals surface area contributed by atoms with Gasteiger partial charge in [0.1, 0.15) is 0 Å². The Labute approximate surface area is 99.9 Å². The molecule has 0 aromatic carbocycles. The second-order valence-corrected chi connectivity index (χ2v) is 4.78. The zero-order valence-electron chi connectivity index (χ0n) is 11.1. The van der Waals surface area contributed by atoms with Gasteiger partial charge in [0, 0.05) is 19.0 Å². The molecule has 0 spiro atoms. The Bertz CT molecular complexity index is 179. The Hall–Kier alpha value is -0.120. The number of ether oxygens (including phenoxy) is 2. The van der Waals surface area contributed by atoms with Crippen molar-refractivity contribution >= 4 is 0 Å². The van der Waals surface area contributed by atoms with Crippen molar-refractivity contribution in [3.05, 3.63) is 0 Å². The van der Waals surface area contributed by atoms with Crippen LogP contribution in [-0.2, 0) is 9.47 Å². The van der Waals surface area contributed by atoms with E-state index in [-0.39, 0.29) is 5.79 Å². The van der Waals surface area contributed by atoms with Gasteiger partial charge in [-0.3, -0.25) is 0 Å². The fraction of sp³-hybridized carbons (Fsp3) is 1.00. The second kappa shape index (κ2) is 7.25. The van der Waals surface area contributed by atoms with E-state index in [2.05, 4.69) is 19.2 Å². The number of unbranched alkanes of at least 4 members (excludes halogenated alkanes) is 1. The van der Waals surface area contributed by atoms with Crippen LogP contribution in [0.3, 0.4) is 0 Å². The van der Waals surface area contributed by atoms with E-state index in [0.717, 1.165) is 26.2 Å². The van der Waals surface area contributed by atoms with Crippen molar-refractivity contribution in [1.29, 1.82) is 0 Å². The van der Waals surface area contributed by atoms with Gasteiger partial charge in [-0.25, -0.2) is 0 Å². The molecule has 1 fully saturated rings. The minimum absolute atomic E-state index is 0.337. The van der Waals surface area contributed by atoms with Crippen LogP contribution in [0.1, 0.15) is 52.9 Å². The summed E-state index contributed by atoms with van der Waals surface area (Å²) < 4.78 is 11.1. The van der Waals surface area contributed by atoms with Gasteiger partial charge in [0.05, 0.1) is 13.2 Å². The molecule has 0 aliphatic carbocycles. The van der Waals surface area contributed by atoms with Crippen LogP contribution in [0.5, 0.6) is 0 Å². The monoisotopic (exact) mass is 229 g/mol. The predicted molar refractivity (Wildman–Crippen MR) is 66.5 cm³/mol. The van der Waals surface area contributed by atoms with Crippen LogP contribution in [0, 0.1) is 0 Å². The van der Waals surface area contributed by atoms with E-state index in [4.69, 9.17) is 9.47 Å². The van der Waals surface area contributed by atoms with Crippen LogP contribution < -0.4 is 5.32 Å². The molecule has 1 saturated heterocycles. The lowest BCUT2D eigenvalue weighted by Crippen LogP contribution is -2.35. The van der Waals surface area contributed by atoms with Crippen molar-refractivity contribution < 1.29 is 9.47 Å². The third-order valence-electron chi connectivity index (χ3n) is 3.31. The lowest BCUT2D eigenvalue weighted by atomic mass is 10.1. The topological polar surface area (TPSA) is 30.5 Å². The van der Waals surface area contributed by atoms with Crippen molar-refractivity contribution in [2.24, 2.45) is 0 Å². The van der Waals surface area contributed by atoms with E-state index in [1.807, 2.05) is 6.92 Å². The minimum atomic E-state index is -0.337. The number of hydrogen-bond acceptors (Lipinski definition) is 3. The molecule has 1 heterocycles. The highest BCUT2D eigenvalue weighted by molar-refractivity contribution is 4.72. The van der Waals surface area contributed by atoms with Crippen LogP contribution in [0.15, 0.2) is 0 Å². The number of nitrogens with one attached hydrogen (secondary N) is 1. The van der Waals surface area contributed by atoms with Crippen LogP contribution in [-0.4, -0.2) is 31.6 Å². The average Bonchev–Trinajstić information content (AvgIpc) is 2.70. The first-order valence-corrected chi connectivity index (χ1v) is 6.71. The summed E-state index contributed by atoms with van der Waals surface area (Å²) >= 11 is 0. The van der Waals surface area contributed by atoms with Gasteiger partial charge in [0.25, 0.3) is 0 Å². The molecule has 1 rings (SSSR count). The molecule has 1 atom stereocenters. The van der Waals surface area contributed by atoms with Crippen LogP contribution >= 0.6 is 0 Å². The highest BCUT2D eigenvalue weighted by Gasteiger charge is 2.30. The van der Waals surface area contributed by atoms with E-state index in [1.165, 1.54) is 25.7 Å². The smallest absolute Gasteiger partial charge is 0.166 e. The van der Waals surface area contributed by atoms with Gasteiger partial charge in [0.15, 0.2) is 5.79 Å². The number of rotatable bonds is 8. The number of hydrogen-bond donors (Lipinski definition) is 1. The summed E-state index contributed by atoms with van der Waals surface area (Å²) in [6.45, 7) is 8.99. The summed E-state index contributed by atoms with van der Waals surface area (Å²) in [6, 6.07) is 0.657. The first-order chi connectivity index (χ1) is 7.70. The quantitative estimate of drug-likeness (QED) is 0.694. The Morgan fingerprint density at radius 1 is 1.25 bits per heavy atom. The maximum Gasteiger partial charge on any atom is 0.166 e. The van der Waals surface area contributed by atoms with Crippen molar-refractivity contribution in [3.8, 4) is 0 Å². The average molecular weight is 229 g/mol. The molecule has 0 bridgehead atoms. The molecule has 0 aromatic rings. The first kappa shape index (κ1) is 13.9. The van der Waals surface area contributed by atoms with Gasteiger partial charge in [-0.1, -0.05) is 26.7 Å². The first-order valence-electron chi connectivity index (χ1n) is 6.71. The van der Waals surface area contributed by atoms with E-state index in [0.29, 0.717) is 6.04 Å². The molecule has 1 aliphatic rings. The Morgan fingerprint density at radius 3 is 2.50 bits per heavy atom. The summed E-state index contributed by atoms with van der Waals surface area (Å²) in [4.78, 5) is 0. The van der Waals surface area contributed by atoms with E-state index < -0.39 is 0 Å². The second-order valence-electron chi connectivity index (χ2n) is 4.78. The van der Waals surface area contributed by atoms with Crippen LogP contribution in [0.25, 0.3) is 0 Å². The summed E-state index contributed by atoms with van der Waals surface area (Å²) in [5.41, 5.74) is 0. The maximum absolute atomic E-state index is 5.57. The standard InChI is InChI=1S/C13H27NO2/c1-4-6-7-12(5-2)14-9-8-13(3)15-10-11-16-13/h12,14H,4-11H2,1-3H3. The third-order valence-corrected chi connectivity index (χ3v) is 3.31. The normalized spacial score (nSPS) is 21.2. The van der Waals surface area contributed by atoms with Crippen molar-refractivity contribution in [3.63, 3.8) is 0 Å². The SMILES string of the molecule is CCCCC(CC)NCCC1(C)OCCO1. The molecule has 3 heteroatoms. The van der Waals surface area contributed by atoms with E-state index >= 15 is 0 Å². The van der Waals surface area contributed by atoms with Gasteiger partial charge in [0.2, 0.25) is 0 Å². The molecule has 0 radical (unpaired) electrons. The zero-order chi connectivity index (χ0) is 11.9. The van der Waals surface area contributed by atoms with Gasteiger partial charge >= 0.3 is 0 Å². The van der Waals surface area contributed by atoms with Crippen molar-refractivity contribution in [2.75, 3.05) is 19.8 Å². The third kappa shape index (κ3) is 4.81. The molecule has 1 unspecified atom stereocenters. The molecular formula is C13H27NO2. The fourth-order valence-electron chi connectivity index (χ4n) is 2.11. The predicted octanol–water partition coefficient (Wildman–Crippen LogP) is 2.70. The van der Waals surface area contributed by atoms with E-state index in [9.17, 15) is 0 Å². The lowest BCUT2D eigenvalue weighted by Gasteiger charge is -2.24. The zero-order valence-corrected chi connectivity index (χ0v) is 11.1. The molecule has 0 aromatic heterocycles. The molecule has 0 saturated carbocycles.